The van der Waals surface area contributed by atoms with E-state index in [2.05, 4.69) is 34.0 Å². The van der Waals surface area contributed by atoms with Crippen molar-refractivity contribution in [3.63, 3.8) is 0 Å². The smallest absolute Gasteiger partial charge is 0.234 e. The summed E-state index contributed by atoms with van der Waals surface area (Å²) in [6.45, 7) is 0. The number of benzene rings is 2. The van der Waals surface area contributed by atoms with Crippen molar-refractivity contribution in [1.82, 2.24) is 0 Å². The Labute approximate surface area is 141 Å². The third-order valence-electron chi connectivity index (χ3n) is 2.76. The number of anilines is 1. The van der Waals surface area contributed by atoms with Gasteiger partial charge in [-0.3, -0.25) is 4.79 Å². The van der Waals surface area contributed by atoms with E-state index in [9.17, 15) is 4.79 Å². The molecule has 1 N–H and O–H groups in total. The molecule has 1 amide bonds. The molecule has 0 aromatic heterocycles. The van der Waals surface area contributed by atoms with Gasteiger partial charge in [0.15, 0.2) is 0 Å². The molecule has 0 unspecified atom stereocenters. The maximum absolute atomic E-state index is 11.8. The maximum atomic E-state index is 11.8. The molecule has 0 spiro atoms. The van der Waals surface area contributed by atoms with Gasteiger partial charge in [0.1, 0.15) is 0 Å². The Hall–Kier alpha value is -1.52. The van der Waals surface area contributed by atoms with Crippen LogP contribution in [0, 0.1) is 14.9 Å². The van der Waals surface area contributed by atoms with E-state index in [-0.39, 0.29) is 5.91 Å². The molecule has 0 heterocycles. The number of carbonyl (C=O) groups excluding carboxylic acids is 1. The monoisotopic (exact) mass is 408 g/mol. The van der Waals surface area contributed by atoms with Crippen LogP contribution >= 0.6 is 34.4 Å². The van der Waals surface area contributed by atoms with E-state index in [0.717, 1.165) is 14.8 Å². The Bertz CT molecular complexity index is 665. The fourth-order valence-corrected chi connectivity index (χ4v) is 2.93. The molecular weight excluding hydrogens is 395 g/mol. The minimum Gasteiger partial charge on any atom is -0.325 e. The predicted octanol–water partition coefficient (Wildman–Crippen LogP) is 4.03. The summed E-state index contributed by atoms with van der Waals surface area (Å²) < 4.78 is 1.13. The van der Waals surface area contributed by atoms with Crippen LogP contribution < -0.4 is 5.32 Å². The topological polar surface area (TPSA) is 52.9 Å². The minimum absolute atomic E-state index is 0.0318. The highest BCUT2D eigenvalue weighted by Gasteiger charge is 2.05. The van der Waals surface area contributed by atoms with Gasteiger partial charge in [-0.05, 0) is 58.5 Å². The molecule has 0 saturated carbocycles. The highest BCUT2D eigenvalue weighted by Crippen LogP contribution is 2.17. The van der Waals surface area contributed by atoms with Gasteiger partial charge in [0, 0.05) is 15.0 Å². The van der Waals surface area contributed by atoms with Gasteiger partial charge in [0.05, 0.1) is 17.4 Å². The summed E-state index contributed by atoms with van der Waals surface area (Å²) in [7, 11) is 0. The second-order valence-corrected chi connectivity index (χ2v) is 6.55. The molecule has 0 fully saturated rings. The van der Waals surface area contributed by atoms with Gasteiger partial charge < -0.3 is 5.32 Å². The molecule has 3 nitrogen and oxygen atoms in total. The van der Waals surface area contributed by atoms with Gasteiger partial charge in [-0.1, -0.05) is 18.2 Å². The number of amides is 1. The van der Waals surface area contributed by atoms with E-state index < -0.39 is 0 Å². The molecular formula is C16H13IN2OS. The third-order valence-corrected chi connectivity index (χ3v) is 4.46. The van der Waals surface area contributed by atoms with Crippen molar-refractivity contribution < 1.29 is 4.79 Å². The molecule has 0 saturated heterocycles. The van der Waals surface area contributed by atoms with Gasteiger partial charge in [-0.15, -0.1) is 11.8 Å². The average molecular weight is 408 g/mol. The van der Waals surface area contributed by atoms with Crippen LogP contribution in [0.5, 0.6) is 0 Å². The van der Waals surface area contributed by atoms with Crippen molar-refractivity contribution in [3.05, 3.63) is 63.2 Å². The summed E-state index contributed by atoms with van der Waals surface area (Å²) in [5.74, 6) is 0.992. The fourth-order valence-electron chi connectivity index (χ4n) is 1.74. The lowest BCUT2D eigenvalue weighted by atomic mass is 10.1. The summed E-state index contributed by atoms with van der Waals surface area (Å²) >= 11 is 3.72. The molecule has 0 atom stereocenters. The number of hydrogen-bond acceptors (Lipinski definition) is 3. The van der Waals surface area contributed by atoms with E-state index in [4.69, 9.17) is 5.26 Å². The fraction of sp³-hybridized carbons (Fsp3) is 0.125. The maximum Gasteiger partial charge on any atom is 0.234 e. The van der Waals surface area contributed by atoms with Crippen molar-refractivity contribution in [2.24, 2.45) is 0 Å². The van der Waals surface area contributed by atoms with Crippen LogP contribution in [0.4, 0.5) is 5.69 Å². The van der Waals surface area contributed by atoms with Crippen LogP contribution in [0.25, 0.3) is 0 Å². The van der Waals surface area contributed by atoms with Crippen molar-refractivity contribution in [2.45, 2.75) is 5.75 Å². The normalized spacial score (nSPS) is 9.90. The second kappa shape index (κ2) is 8.05. The number of nitriles is 1. The lowest BCUT2D eigenvalue weighted by molar-refractivity contribution is -0.113. The zero-order valence-corrected chi connectivity index (χ0v) is 14.1. The Morgan fingerprint density at radius 1 is 1.19 bits per heavy atom. The second-order valence-electron chi connectivity index (χ2n) is 4.32. The van der Waals surface area contributed by atoms with Crippen LogP contribution in [-0.2, 0) is 10.5 Å². The standard InChI is InChI=1S/C16H13IN2OS/c17-14-5-7-15(8-6-14)19-16(20)11-21-10-13-4-2-1-3-12(13)9-18/h1-8H,10-11H2,(H,19,20). The molecule has 21 heavy (non-hydrogen) atoms. The molecule has 0 aliphatic heterocycles. The molecule has 2 aromatic carbocycles. The molecule has 5 heteroatoms. The number of nitrogens with zero attached hydrogens (tertiary/aromatic N) is 1. The van der Waals surface area contributed by atoms with Crippen molar-refractivity contribution in [1.29, 1.82) is 5.26 Å². The quantitative estimate of drug-likeness (QED) is 0.761. The predicted molar refractivity (Wildman–Crippen MR) is 95.1 cm³/mol. The van der Waals surface area contributed by atoms with Gasteiger partial charge in [0.25, 0.3) is 0 Å². The first-order valence-electron chi connectivity index (χ1n) is 6.30. The Morgan fingerprint density at radius 2 is 1.90 bits per heavy atom. The van der Waals surface area contributed by atoms with Crippen LogP contribution in [-0.4, -0.2) is 11.7 Å². The lowest BCUT2D eigenvalue weighted by Gasteiger charge is -2.06. The lowest BCUT2D eigenvalue weighted by Crippen LogP contribution is -2.14. The first kappa shape index (κ1) is 15.9. The SMILES string of the molecule is N#Cc1ccccc1CSCC(=O)Nc1ccc(I)cc1. The first-order chi connectivity index (χ1) is 10.2. The number of thioether (sulfide) groups is 1. The van der Waals surface area contributed by atoms with Gasteiger partial charge in [0.2, 0.25) is 5.91 Å². The highest BCUT2D eigenvalue weighted by molar-refractivity contribution is 14.1. The molecule has 106 valence electrons. The summed E-state index contributed by atoms with van der Waals surface area (Å²) in [6.07, 6.45) is 0. The Morgan fingerprint density at radius 3 is 2.62 bits per heavy atom. The van der Waals surface area contributed by atoms with Crippen molar-refractivity contribution >= 4 is 45.9 Å². The molecule has 0 radical (unpaired) electrons. The number of halogens is 1. The van der Waals surface area contributed by atoms with E-state index in [0.29, 0.717) is 17.1 Å². The van der Waals surface area contributed by atoms with Crippen molar-refractivity contribution in [2.75, 3.05) is 11.1 Å². The zero-order valence-electron chi connectivity index (χ0n) is 11.2. The minimum atomic E-state index is -0.0318. The average Bonchev–Trinajstić information content (AvgIpc) is 2.50. The summed E-state index contributed by atoms with van der Waals surface area (Å²) in [6, 6.07) is 17.3. The molecule has 0 aliphatic rings. The number of nitrogens with one attached hydrogen (secondary N) is 1. The van der Waals surface area contributed by atoms with Gasteiger partial charge in [-0.25, -0.2) is 0 Å². The van der Waals surface area contributed by atoms with Crippen LogP contribution in [0.1, 0.15) is 11.1 Å². The van der Waals surface area contributed by atoms with E-state index in [1.54, 1.807) is 6.07 Å². The largest absolute Gasteiger partial charge is 0.325 e. The molecule has 0 aliphatic carbocycles. The summed E-state index contributed by atoms with van der Waals surface area (Å²) in [4.78, 5) is 11.8. The van der Waals surface area contributed by atoms with E-state index in [1.165, 1.54) is 11.8 Å². The number of carbonyl (C=O) groups is 1. The van der Waals surface area contributed by atoms with E-state index in [1.807, 2.05) is 42.5 Å². The molecule has 2 rings (SSSR count). The highest BCUT2D eigenvalue weighted by atomic mass is 127. The summed E-state index contributed by atoms with van der Waals surface area (Å²) in [5, 5.41) is 11.9. The Balaban J connectivity index is 1.82. The van der Waals surface area contributed by atoms with E-state index >= 15 is 0 Å². The summed E-state index contributed by atoms with van der Waals surface area (Å²) in [5.41, 5.74) is 2.44. The third kappa shape index (κ3) is 5.06. The number of hydrogen-bond donors (Lipinski definition) is 1. The molecule has 2 aromatic rings. The van der Waals surface area contributed by atoms with Crippen molar-refractivity contribution in [3.8, 4) is 6.07 Å². The van der Waals surface area contributed by atoms with Gasteiger partial charge >= 0.3 is 0 Å². The Kier molecular flexibility index (Phi) is 6.08. The van der Waals surface area contributed by atoms with Crippen LogP contribution in [0.2, 0.25) is 0 Å². The first-order valence-corrected chi connectivity index (χ1v) is 8.53. The van der Waals surface area contributed by atoms with Crippen LogP contribution in [0.15, 0.2) is 48.5 Å². The zero-order chi connectivity index (χ0) is 15.1. The van der Waals surface area contributed by atoms with Gasteiger partial charge in [-0.2, -0.15) is 5.26 Å². The molecule has 0 bridgehead atoms. The number of rotatable bonds is 5. The van der Waals surface area contributed by atoms with Crippen LogP contribution in [0.3, 0.4) is 0 Å².